The van der Waals surface area contributed by atoms with Crippen molar-refractivity contribution in [2.75, 3.05) is 13.7 Å². The summed E-state index contributed by atoms with van der Waals surface area (Å²) in [5.41, 5.74) is -0.161. The molecule has 2 aliphatic rings. The van der Waals surface area contributed by atoms with Crippen LogP contribution in [0.5, 0.6) is 0 Å². The Kier molecular flexibility index (Phi) is 4.05. The molecule has 4 heteroatoms. The minimum absolute atomic E-state index is 0.000527. The maximum absolute atomic E-state index is 12.2. The Hall–Kier alpha value is -0.450. The van der Waals surface area contributed by atoms with Gasteiger partial charge in [0, 0.05) is 19.4 Å². The van der Waals surface area contributed by atoms with Gasteiger partial charge in [0.1, 0.15) is 5.78 Å². The number of Topliss-reactive ketones (excluding diaryl/α,β-unsaturated/α-hetero) is 1. The Morgan fingerprint density at radius 2 is 2.11 bits per heavy atom. The van der Waals surface area contributed by atoms with Crippen LogP contribution in [-0.2, 0) is 19.0 Å². The minimum atomic E-state index is -0.547. The lowest BCUT2D eigenvalue weighted by molar-refractivity contribution is -0.148. The van der Waals surface area contributed by atoms with Crippen LogP contribution in [0.2, 0.25) is 0 Å². The van der Waals surface area contributed by atoms with Gasteiger partial charge in [0.05, 0.1) is 18.3 Å². The summed E-state index contributed by atoms with van der Waals surface area (Å²) >= 11 is 0. The first-order valence-electron chi connectivity index (χ1n) is 7.12. The van der Waals surface area contributed by atoms with Gasteiger partial charge in [-0.3, -0.25) is 4.79 Å². The van der Waals surface area contributed by atoms with Crippen molar-refractivity contribution in [1.82, 2.24) is 0 Å². The van der Waals surface area contributed by atoms with E-state index in [2.05, 4.69) is 13.8 Å². The third-order valence-corrected chi connectivity index (χ3v) is 4.30. The van der Waals surface area contributed by atoms with E-state index in [1.54, 1.807) is 7.11 Å². The van der Waals surface area contributed by atoms with E-state index in [1.807, 2.05) is 13.8 Å². The highest BCUT2D eigenvalue weighted by molar-refractivity contribution is 5.84. The zero-order valence-electron chi connectivity index (χ0n) is 12.7. The first-order chi connectivity index (χ1) is 8.72. The molecule has 19 heavy (non-hydrogen) atoms. The summed E-state index contributed by atoms with van der Waals surface area (Å²) in [5.74, 6) is 0.178. The van der Waals surface area contributed by atoms with Crippen LogP contribution in [0.3, 0.4) is 0 Å². The Bertz CT molecular complexity index is 348. The van der Waals surface area contributed by atoms with Gasteiger partial charge in [-0.1, -0.05) is 0 Å². The molecule has 110 valence electrons. The second kappa shape index (κ2) is 5.15. The van der Waals surface area contributed by atoms with E-state index in [-0.39, 0.29) is 17.6 Å². The molecule has 0 bridgehead atoms. The molecule has 1 aliphatic carbocycles. The molecule has 0 aromatic heterocycles. The van der Waals surface area contributed by atoms with Crippen molar-refractivity contribution in [3.63, 3.8) is 0 Å². The van der Waals surface area contributed by atoms with Gasteiger partial charge in [-0.05, 0) is 46.5 Å². The molecule has 0 spiro atoms. The first kappa shape index (κ1) is 14.9. The fraction of sp³-hybridized carbons (Fsp3) is 0.933. The third-order valence-electron chi connectivity index (χ3n) is 4.30. The van der Waals surface area contributed by atoms with Crippen LogP contribution >= 0.6 is 0 Å². The van der Waals surface area contributed by atoms with E-state index in [0.717, 1.165) is 12.8 Å². The van der Waals surface area contributed by atoms with Gasteiger partial charge in [0.2, 0.25) is 0 Å². The van der Waals surface area contributed by atoms with Crippen LogP contribution in [-0.4, -0.2) is 37.0 Å². The van der Waals surface area contributed by atoms with E-state index in [4.69, 9.17) is 14.2 Å². The molecule has 0 aromatic rings. The van der Waals surface area contributed by atoms with E-state index in [0.29, 0.717) is 24.7 Å². The Morgan fingerprint density at radius 1 is 1.42 bits per heavy atom. The lowest BCUT2D eigenvalue weighted by atomic mass is 9.90. The zero-order valence-corrected chi connectivity index (χ0v) is 12.7. The van der Waals surface area contributed by atoms with Crippen molar-refractivity contribution < 1.29 is 19.0 Å². The first-order valence-corrected chi connectivity index (χ1v) is 7.12. The summed E-state index contributed by atoms with van der Waals surface area (Å²) in [4.78, 5) is 12.2. The molecule has 0 N–H and O–H groups in total. The van der Waals surface area contributed by atoms with Crippen molar-refractivity contribution >= 4 is 5.78 Å². The number of hydrogen-bond donors (Lipinski definition) is 0. The highest BCUT2D eigenvalue weighted by Gasteiger charge is 2.45. The summed E-state index contributed by atoms with van der Waals surface area (Å²) < 4.78 is 16.9. The SMILES string of the molecule is COC(C)(C)CC1CC(=O)C(C2COC(C)(C)O2)C1. The molecule has 0 aromatic carbocycles. The Balaban J connectivity index is 1.93. The van der Waals surface area contributed by atoms with Crippen molar-refractivity contribution in [2.24, 2.45) is 11.8 Å². The van der Waals surface area contributed by atoms with Gasteiger partial charge in [-0.15, -0.1) is 0 Å². The van der Waals surface area contributed by atoms with Crippen LogP contribution in [0.25, 0.3) is 0 Å². The van der Waals surface area contributed by atoms with E-state index in [1.165, 1.54) is 0 Å². The second-order valence-electron chi connectivity index (χ2n) is 6.91. The van der Waals surface area contributed by atoms with E-state index >= 15 is 0 Å². The molecule has 2 rings (SSSR count). The molecule has 3 atom stereocenters. The van der Waals surface area contributed by atoms with Gasteiger partial charge >= 0.3 is 0 Å². The van der Waals surface area contributed by atoms with Gasteiger partial charge in [-0.2, -0.15) is 0 Å². The van der Waals surface area contributed by atoms with Crippen LogP contribution in [0.1, 0.15) is 47.0 Å². The molecular weight excluding hydrogens is 244 g/mol. The lowest BCUT2D eigenvalue weighted by Gasteiger charge is -2.26. The summed E-state index contributed by atoms with van der Waals surface area (Å²) in [6.45, 7) is 8.48. The maximum Gasteiger partial charge on any atom is 0.163 e. The quantitative estimate of drug-likeness (QED) is 0.787. The number of ether oxygens (including phenoxy) is 3. The Labute approximate surface area is 115 Å². The highest BCUT2D eigenvalue weighted by atomic mass is 16.7. The topological polar surface area (TPSA) is 44.8 Å². The summed E-state index contributed by atoms with van der Waals surface area (Å²) in [5, 5.41) is 0. The fourth-order valence-electron chi connectivity index (χ4n) is 3.22. The second-order valence-corrected chi connectivity index (χ2v) is 6.91. The zero-order chi connectivity index (χ0) is 14.3. The van der Waals surface area contributed by atoms with Crippen LogP contribution in [0.15, 0.2) is 0 Å². The molecule has 0 amide bonds. The molecule has 3 unspecified atom stereocenters. The number of rotatable bonds is 4. The molecule has 2 fully saturated rings. The highest BCUT2D eigenvalue weighted by Crippen LogP contribution is 2.39. The number of carbonyl (C=O) groups is 1. The summed E-state index contributed by atoms with van der Waals surface area (Å²) in [7, 11) is 1.73. The molecule has 1 saturated heterocycles. The predicted octanol–water partition coefficient (Wildman–Crippen LogP) is 2.55. The molecule has 1 saturated carbocycles. The molecule has 4 nitrogen and oxygen atoms in total. The van der Waals surface area contributed by atoms with Crippen LogP contribution < -0.4 is 0 Å². The van der Waals surface area contributed by atoms with Crippen molar-refractivity contribution in [2.45, 2.75) is 64.4 Å². The maximum atomic E-state index is 12.2. The van der Waals surface area contributed by atoms with Crippen molar-refractivity contribution in [3.05, 3.63) is 0 Å². The number of methoxy groups -OCH3 is 1. The summed E-state index contributed by atoms with van der Waals surface area (Å²) in [6.07, 6.45) is 2.40. The number of ketones is 1. The van der Waals surface area contributed by atoms with Gasteiger partial charge in [0.15, 0.2) is 5.79 Å². The monoisotopic (exact) mass is 270 g/mol. The minimum Gasteiger partial charge on any atom is -0.379 e. The molecule has 1 heterocycles. The largest absolute Gasteiger partial charge is 0.379 e. The molecular formula is C15H26O4. The average molecular weight is 270 g/mol. The van der Waals surface area contributed by atoms with Gasteiger partial charge in [0.25, 0.3) is 0 Å². The lowest BCUT2D eigenvalue weighted by Crippen LogP contribution is -2.29. The van der Waals surface area contributed by atoms with Crippen LogP contribution in [0.4, 0.5) is 0 Å². The standard InChI is InChI=1S/C15H26O4/c1-14(2,17-5)8-10-6-11(12(16)7-10)13-9-18-15(3,4)19-13/h10-11,13H,6-9H2,1-5H3. The van der Waals surface area contributed by atoms with Crippen molar-refractivity contribution in [3.8, 4) is 0 Å². The molecule has 0 radical (unpaired) electrons. The number of carbonyl (C=O) groups excluding carboxylic acids is 1. The normalized spacial score (nSPS) is 35.0. The van der Waals surface area contributed by atoms with Crippen molar-refractivity contribution in [1.29, 1.82) is 0 Å². The van der Waals surface area contributed by atoms with Gasteiger partial charge in [-0.25, -0.2) is 0 Å². The summed E-state index contributed by atoms with van der Waals surface area (Å²) in [6, 6.07) is 0. The average Bonchev–Trinajstić information content (AvgIpc) is 2.81. The third kappa shape index (κ3) is 3.56. The van der Waals surface area contributed by atoms with E-state index < -0.39 is 5.79 Å². The molecule has 1 aliphatic heterocycles. The Morgan fingerprint density at radius 3 is 2.63 bits per heavy atom. The number of hydrogen-bond acceptors (Lipinski definition) is 4. The van der Waals surface area contributed by atoms with Crippen LogP contribution in [0, 0.1) is 11.8 Å². The van der Waals surface area contributed by atoms with E-state index in [9.17, 15) is 4.79 Å². The predicted molar refractivity (Wildman–Crippen MR) is 71.8 cm³/mol. The smallest absolute Gasteiger partial charge is 0.163 e. The van der Waals surface area contributed by atoms with Gasteiger partial charge < -0.3 is 14.2 Å². The fourth-order valence-corrected chi connectivity index (χ4v) is 3.22.